The molecule has 1 unspecified atom stereocenters. The minimum atomic E-state index is -0.590. The van der Waals surface area contributed by atoms with Crippen LogP contribution in [0.15, 0.2) is 29.3 Å². The van der Waals surface area contributed by atoms with Crippen LogP contribution in [0.1, 0.15) is 44.6 Å². The minimum absolute atomic E-state index is 0.154. The SMILES string of the molecule is CCc1ccc(OCCSC2=NC(=O)C(C3CCCCC3)C(=O)N2)cc1. The van der Waals surface area contributed by atoms with Gasteiger partial charge in [0.15, 0.2) is 5.17 Å². The lowest BCUT2D eigenvalue weighted by molar-refractivity contribution is -0.136. The minimum Gasteiger partial charge on any atom is -0.493 e. The standard InChI is InChI=1S/C20H26N2O3S/c1-2-14-8-10-16(11-9-14)25-12-13-26-20-21-18(23)17(19(24)22-20)15-6-4-3-5-7-15/h8-11,15,17H,2-7,12-13H2,1H3,(H,21,22,23,24). The molecule has 0 spiro atoms. The summed E-state index contributed by atoms with van der Waals surface area (Å²) in [7, 11) is 0. The van der Waals surface area contributed by atoms with E-state index in [1.54, 1.807) is 0 Å². The summed E-state index contributed by atoms with van der Waals surface area (Å²) >= 11 is 1.35. The van der Waals surface area contributed by atoms with Crippen LogP contribution in [0.5, 0.6) is 5.75 Å². The molecule has 0 aromatic heterocycles. The van der Waals surface area contributed by atoms with Gasteiger partial charge in [-0.2, -0.15) is 4.99 Å². The number of hydrogen-bond acceptors (Lipinski definition) is 4. The quantitative estimate of drug-likeness (QED) is 0.610. The molecule has 2 aliphatic rings. The first-order valence-electron chi connectivity index (χ1n) is 9.45. The number of aliphatic imine (C=N–C) groups is 1. The van der Waals surface area contributed by atoms with Gasteiger partial charge in [0.25, 0.3) is 5.91 Å². The molecule has 26 heavy (non-hydrogen) atoms. The van der Waals surface area contributed by atoms with Crippen molar-refractivity contribution in [3.8, 4) is 5.75 Å². The predicted molar refractivity (Wildman–Crippen MR) is 104 cm³/mol. The molecule has 2 amide bonds. The van der Waals surface area contributed by atoms with E-state index in [0.717, 1.165) is 37.9 Å². The number of amidine groups is 1. The van der Waals surface area contributed by atoms with Crippen molar-refractivity contribution >= 4 is 28.7 Å². The Morgan fingerprint density at radius 3 is 2.54 bits per heavy atom. The molecule has 140 valence electrons. The molecular formula is C20H26N2O3S. The number of hydrogen-bond donors (Lipinski definition) is 1. The van der Waals surface area contributed by atoms with Crippen LogP contribution in [0, 0.1) is 11.8 Å². The van der Waals surface area contributed by atoms with E-state index < -0.39 is 5.92 Å². The zero-order chi connectivity index (χ0) is 18.4. The summed E-state index contributed by atoms with van der Waals surface area (Å²) in [6.45, 7) is 2.61. The predicted octanol–water partition coefficient (Wildman–Crippen LogP) is 3.57. The summed E-state index contributed by atoms with van der Waals surface area (Å²) < 4.78 is 5.69. The monoisotopic (exact) mass is 374 g/mol. The van der Waals surface area contributed by atoms with Crippen molar-refractivity contribution in [3.05, 3.63) is 29.8 Å². The molecule has 5 nitrogen and oxygen atoms in total. The Labute approximate surface area is 159 Å². The number of aryl methyl sites for hydroxylation is 1. The summed E-state index contributed by atoms with van der Waals surface area (Å²) in [5, 5.41) is 3.21. The molecule has 1 aromatic carbocycles. The molecular weight excluding hydrogens is 348 g/mol. The van der Waals surface area contributed by atoms with Crippen LogP contribution >= 0.6 is 11.8 Å². The highest BCUT2D eigenvalue weighted by atomic mass is 32.2. The number of ether oxygens (including phenoxy) is 1. The zero-order valence-corrected chi connectivity index (χ0v) is 16.0. The number of benzene rings is 1. The van der Waals surface area contributed by atoms with Crippen molar-refractivity contribution < 1.29 is 14.3 Å². The summed E-state index contributed by atoms with van der Waals surface area (Å²) in [4.78, 5) is 28.8. The van der Waals surface area contributed by atoms with E-state index in [9.17, 15) is 9.59 Å². The average Bonchev–Trinajstić information content (AvgIpc) is 2.66. The molecule has 1 heterocycles. The van der Waals surface area contributed by atoms with E-state index in [1.807, 2.05) is 12.1 Å². The third-order valence-electron chi connectivity index (χ3n) is 5.03. The summed E-state index contributed by atoms with van der Waals surface area (Å²) in [6.07, 6.45) is 6.31. The molecule has 1 atom stereocenters. The normalized spacial score (nSPS) is 21.3. The third kappa shape index (κ3) is 4.87. The van der Waals surface area contributed by atoms with E-state index in [-0.39, 0.29) is 17.7 Å². The zero-order valence-electron chi connectivity index (χ0n) is 15.2. The molecule has 0 saturated heterocycles. The van der Waals surface area contributed by atoms with Crippen molar-refractivity contribution in [1.29, 1.82) is 0 Å². The van der Waals surface area contributed by atoms with Gasteiger partial charge in [-0.25, -0.2) is 0 Å². The summed E-state index contributed by atoms with van der Waals surface area (Å²) in [5.41, 5.74) is 1.28. The Morgan fingerprint density at radius 2 is 1.88 bits per heavy atom. The maximum Gasteiger partial charge on any atom is 0.260 e. The van der Waals surface area contributed by atoms with Crippen molar-refractivity contribution in [2.24, 2.45) is 16.8 Å². The van der Waals surface area contributed by atoms with E-state index in [0.29, 0.717) is 17.5 Å². The smallest absolute Gasteiger partial charge is 0.260 e. The fraction of sp³-hybridized carbons (Fsp3) is 0.550. The second kappa shape index (κ2) is 9.21. The molecule has 6 heteroatoms. The van der Waals surface area contributed by atoms with Crippen LogP contribution in [0.4, 0.5) is 0 Å². The van der Waals surface area contributed by atoms with Crippen LogP contribution < -0.4 is 10.1 Å². The first-order chi connectivity index (χ1) is 12.7. The highest BCUT2D eigenvalue weighted by Gasteiger charge is 2.38. The van der Waals surface area contributed by atoms with Crippen LogP contribution in [-0.4, -0.2) is 29.3 Å². The van der Waals surface area contributed by atoms with Crippen molar-refractivity contribution in [2.75, 3.05) is 12.4 Å². The van der Waals surface area contributed by atoms with Gasteiger partial charge in [0.2, 0.25) is 5.91 Å². The second-order valence-corrected chi connectivity index (χ2v) is 7.90. The van der Waals surface area contributed by atoms with Crippen LogP contribution in [0.3, 0.4) is 0 Å². The van der Waals surface area contributed by atoms with Gasteiger partial charge in [-0.1, -0.05) is 50.1 Å². The maximum atomic E-state index is 12.4. The molecule has 1 N–H and O–H groups in total. The Hall–Kier alpha value is -1.82. The Morgan fingerprint density at radius 1 is 1.15 bits per heavy atom. The number of nitrogens with one attached hydrogen (secondary N) is 1. The van der Waals surface area contributed by atoms with E-state index >= 15 is 0 Å². The van der Waals surface area contributed by atoms with Gasteiger partial charge in [-0.3, -0.25) is 9.59 Å². The first kappa shape index (κ1) is 19.0. The lowest BCUT2D eigenvalue weighted by atomic mass is 9.79. The summed E-state index contributed by atoms with van der Waals surface area (Å²) in [5.74, 6) is 0.547. The Balaban J connectivity index is 1.46. The van der Waals surface area contributed by atoms with Gasteiger partial charge in [-0.15, -0.1) is 0 Å². The molecule has 0 radical (unpaired) electrons. The van der Waals surface area contributed by atoms with E-state index in [1.165, 1.54) is 23.7 Å². The van der Waals surface area contributed by atoms with E-state index in [2.05, 4.69) is 29.4 Å². The lowest BCUT2D eigenvalue weighted by Gasteiger charge is -2.29. The van der Waals surface area contributed by atoms with Gasteiger partial charge in [-0.05, 0) is 42.9 Å². The number of thioether (sulfide) groups is 1. The number of carbonyl (C=O) groups excluding carboxylic acids is 2. The van der Waals surface area contributed by atoms with Gasteiger partial charge in [0, 0.05) is 5.75 Å². The van der Waals surface area contributed by atoms with Crippen LogP contribution in [0.2, 0.25) is 0 Å². The van der Waals surface area contributed by atoms with Crippen LogP contribution in [0.25, 0.3) is 0 Å². The number of amides is 2. The lowest BCUT2D eigenvalue weighted by Crippen LogP contribution is -2.46. The molecule has 3 rings (SSSR count). The Bertz CT molecular complexity index is 666. The first-order valence-corrected chi connectivity index (χ1v) is 10.4. The topological polar surface area (TPSA) is 67.8 Å². The molecule has 1 saturated carbocycles. The number of nitrogens with zero attached hydrogens (tertiary/aromatic N) is 1. The molecule has 1 fully saturated rings. The van der Waals surface area contributed by atoms with Gasteiger partial charge < -0.3 is 10.1 Å². The average molecular weight is 375 g/mol. The van der Waals surface area contributed by atoms with E-state index in [4.69, 9.17) is 4.74 Å². The highest BCUT2D eigenvalue weighted by Crippen LogP contribution is 2.32. The molecule has 1 aliphatic heterocycles. The molecule has 0 bridgehead atoms. The van der Waals surface area contributed by atoms with Gasteiger partial charge in [0.05, 0.1) is 6.61 Å². The highest BCUT2D eigenvalue weighted by molar-refractivity contribution is 8.13. The maximum absolute atomic E-state index is 12.4. The van der Waals surface area contributed by atoms with Gasteiger partial charge in [0.1, 0.15) is 11.7 Å². The fourth-order valence-electron chi connectivity index (χ4n) is 3.56. The second-order valence-electron chi connectivity index (χ2n) is 6.81. The number of carbonyl (C=O) groups is 2. The fourth-order valence-corrected chi connectivity index (χ4v) is 4.25. The van der Waals surface area contributed by atoms with Crippen molar-refractivity contribution in [2.45, 2.75) is 45.4 Å². The van der Waals surface area contributed by atoms with Crippen molar-refractivity contribution in [1.82, 2.24) is 5.32 Å². The summed E-state index contributed by atoms with van der Waals surface area (Å²) in [6, 6.07) is 8.03. The molecule has 1 aliphatic carbocycles. The van der Waals surface area contributed by atoms with Gasteiger partial charge >= 0.3 is 0 Å². The molecule has 1 aromatic rings. The van der Waals surface area contributed by atoms with Crippen LogP contribution in [-0.2, 0) is 16.0 Å². The number of rotatable bonds is 6. The van der Waals surface area contributed by atoms with Crippen molar-refractivity contribution in [3.63, 3.8) is 0 Å². The Kier molecular flexibility index (Phi) is 6.72. The third-order valence-corrected chi connectivity index (χ3v) is 5.87. The largest absolute Gasteiger partial charge is 0.493 e.